The maximum atomic E-state index is 12.7. The van der Waals surface area contributed by atoms with Gasteiger partial charge in [0.05, 0.1) is 12.1 Å². The van der Waals surface area contributed by atoms with E-state index in [1.54, 1.807) is 11.3 Å². The molecule has 0 unspecified atom stereocenters. The number of primary amides is 1. The van der Waals surface area contributed by atoms with Crippen LogP contribution in [0.1, 0.15) is 47.5 Å². The average molecular weight is 337 g/mol. The molecule has 2 heterocycles. The van der Waals surface area contributed by atoms with Gasteiger partial charge in [0, 0.05) is 29.4 Å². The Bertz CT molecular complexity index is 570. The molecule has 0 aromatic carbocycles. The lowest BCUT2D eigenvalue weighted by molar-refractivity contribution is -0.118. The molecule has 1 fully saturated rings. The maximum absolute atomic E-state index is 12.7. The Balaban J connectivity index is 2.06. The lowest BCUT2D eigenvalue weighted by Gasteiger charge is -2.19. The number of amides is 2. The first-order valence-electron chi connectivity index (χ1n) is 8.34. The quantitative estimate of drug-likeness (QED) is 0.798. The van der Waals surface area contributed by atoms with Crippen LogP contribution in [0.4, 0.5) is 0 Å². The summed E-state index contributed by atoms with van der Waals surface area (Å²) < 4.78 is 0. The second-order valence-corrected chi connectivity index (χ2v) is 7.41. The normalized spacial score (nSPS) is 21.5. The summed E-state index contributed by atoms with van der Waals surface area (Å²) >= 11 is 1.63. The molecule has 2 rings (SSSR count). The maximum Gasteiger partial charge on any atom is 0.252 e. The van der Waals surface area contributed by atoms with Crippen molar-refractivity contribution in [3.63, 3.8) is 0 Å². The first kappa shape index (κ1) is 17.9. The fraction of sp³-hybridized carbons (Fsp3) is 0.647. The minimum Gasteiger partial charge on any atom is -0.369 e. The molecule has 0 bridgehead atoms. The Hall–Kier alpha value is -1.40. The minimum absolute atomic E-state index is 0.0122. The van der Waals surface area contributed by atoms with E-state index in [1.807, 2.05) is 10.3 Å². The van der Waals surface area contributed by atoms with Crippen molar-refractivity contribution in [3.8, 4) is 0 Å². The van der Waals surface area contributed by atoms with Gasteiger partial charge in [-0.3, -0.25) is 14.5 Å². The Morgan fingerprint density at radius 1 is 1.39 bits per heavy atom. The van der Waals surface area contributed by atoms with Crippen LogP contribution in [-0.2, 0) is 11.2 Å². The van der Waals surface area contributed by atoms with Crippen LogP contribution in [0.2, 0.25) is 0 Å². The van der Waals surface area contributed by atoms with E-state index in [1.165, 1.54) is 4.88 Å². The van der Waals surface area contributed by atoms with E-state index in [-0.39, 0.29) is 24.4 Å². The Morgan fingerprint density at radius 3 is 2.74 bits per heavy atom. The number of nitrogens with two attached hydrogens (primary N) is 1. The van der Waals surface area contributed by atoms with Crippen LogP contribution < -0.4 is 11.1 Å². The monoisotopic (exact) mass is 337 g/mol. The van der Waals surface area contributed by atoms with Gasteiger partial charge in [-0.1, -0.05) is 20.3 Å². The minimum atomic E-state index is -0.311. The standard InChI is InChI=1S/C17H27N3O2S/c1-4-6-12-7-20(9-16(18)21)8-15(12)19-17(22)14-10-23-11(3)13(14)5-2/h10,12,15H,4-9H2,1-3H3,(H2,18,21)(H,19,22)/t12-,15-/m1/s1. The van der Waals surface area contributed by atoms with Crippen molar-refractivity contribution in [2.45, 2.75) is 46.1 Å². The van der Waals surface area contributed by atoms with E-state index >= 15 is 0 Å². The highest BCUT2D eigenvalue weighted by Crippen LogP contribution is 2.25. The number of rotatable bonds is 7. The summed E-state index contributed by atoms with van der Waals surface area (Å²) in [7, 11) is 0. The summed E-state index contributed by atoms with van der Waals surface area (Å²) in [5.41, 5.74) is 7.25. The molecule has 1 aliphatic rings. The lowest BCUT2D eigenvalue weighted by Crippen LogP contribution is -2.41. The smallest absolute Gasteiger partial charge is 0.252 e. The zero-order valence-electron chi connectivity index (χ0n) is 14.2. The number of carbonyl (C=O) groups excluding carboxylic acids is 2. The fourth-order valence-electron chi connectivity index (χ4n) is 3.49. The highest BCUT2D eigenvalue weighted by Gasteiger charge is 2.34. The number of carbonyl (C=O) groups is 2. The van der Waals surface area contributed by atoms with Crippen molar-refractivity contribution in [3.05, 3.63) is 21.4 Å². The summed E-state index contributed by atoms with van der Waals surface area (Å²) in [4.78, 5) is 27.1. The molecule has 1 saturated heterocycles. The van der Waals surface area contributed by atoms with Crippen LogP contribution in [0.3, 0.4) is 0 Å². The molecule has 0 saturated carbocycles. The van der Waals surface area contributed by atoms with Crippen LogP contribution in [0.5, 0.6) is 0 Å². The first-order chi connectivity index (χ1) is 11.0. The van der Waals surface area contributed by atoms with E-state index in [2.05, 4.69) is 26.1 Å². The molecule has 5 nitrogen and oxygen atoms in total. The molecule has 23 heavy (non-hydrogen) atoms. The van der Waals surface area contributed by atoms with E-state index < -0.39 is 0 Å². The van der Waals surface area contributed by atoms with Gasteiger partial charge in [0.1, 0.15) is 0 Å². The Kier molecular flexibility index (Phi) is 6.18. The average Bonchev–Trinajstić information content (AvgIpc) is 3.02. The van der Waals surface area contributed by atoms with Gasteiger partial charge in [0.15, 0.2) is 0 Å². The number of hydrogen-bond acceptors (Lipinski definition) is 4. The summed E-state index contributed by atoms with van der Waals surface area (Å²) in [6.07, 6.45) is 2.98. The zero-order chi connectivity index (χ0) is 17.0. The van der Waals surface area contributed by atoms with Gasteiger partial charge < -0.3 is 11.1 Å². The molecule has 1 aromatic rings. The molecule has 3 N–H and O–H groups in total. The number of nitrogens with one attached hydrogen (secondary N) is 1. The molecule has 0 radical (unpaired) electrons. The third-order valence-corrected chi connectivity index (χ3v) is 5.53. The Morgan fingerprint density at radius 2 is 2.13 bits per heavy atom. The number of hydrogen-bond donors (Lipinski definition) is 2. The van der Waals surface area contributed by atoms with Crippen molar-refractivity contribution in [2.24, 2.45) is 11.7 Å². The molecule has 2 amide bonds. The fourth-order valence-corrected chi connectivity index (χ4v) is 4.43. The van der Waals surface area contributed by atoms with Crippen LogP contribution in [-0.4, -0.2) is 42.4 Å². The first-order valence-corrected chi connectivity index (χ1v) is 9.22. The van der Waals surface area contributed by atoms with Crippen LogP contribution in [0, 0.1) is 12.8 Å². The van der Waals surface area contributed by atoms with Crippen LogP contribution in [0.15, 0.2) is 5.38 Å². The molecule has 128 valence electrons. The molecule has 6 heteroatoms. The lowest BCUT2D eigenvalue weighted by atomic mass is 9.97. The molecular formula is C17H27N3O2S. The molecule has 0 spiro atoms. The summed E-state index contributed by atoms with van der Waals surface area (Å²) in [5.74, 6) is 0.0836. The summed E-state index contributed by atoms with van der Waals surface area (Å²) in [5, 5.41) is 5.15. The van der Waals surface area contributed by atoms with E-state index in [0.717, 1.165) is 36.9 Å². The van der Waals surface area contributed by atoms with Gasteiger partial charge in [0.2, 0.25) is 5.91 Å². The van der Waals surface area contributed by atoms with Gasteiger partial charge in [-0.05, 0) is 31.2 Å². The summed E-state index contributed by atoms with van der Waals surface area (Å²) in [6.45, 7) is 8.08. The Labute approximate surface area is 142 Å². The predicted octanol–water partition coefficient (Wildman–Crippen LogP) is 1.93. The van der Waals surface area contributed by atoms with Crippen molar-refractivity contribution < 1.29 is 9.59 Å². The molecule has 2 atom stereocenters. The third-order valence-electron chi connectivity index (χ3n) is 4.57. The molecule has 1 aliphatic heterocycles. The second kappa shape index (κ2) is 7.93. The topological polar surface area (TPSA) is 75.4 Å². The zero-order valence-corrected chi connectivity index (χ0v) is 15.0. The highest BCUT2D eigenvalue weighted by molar-refractivity contribution is 7.10. The highest BCUT2D eigenvalue weighted by atomic mass is 32.1. The largest absolute Gasteiger partial charge is 0.369 e. The van der Waals surface area contributed by atoms with E-state index in [9.17, 15) is 9.59 Å². The number of aryl methyl sites for hydroxylation is 1. The van der Waals surface area contributed by atoms with Gasteiger partial charge in [-0.2, -0.15) is 0 Å². The van der Waals surface area contributed by atoms with Crippen molar-refractivity contribution >= 4 is 23.2 Å². The summed E-state index contributed by atoms with van der Waals surface area (Å²) in [6, 6.07) is 0.0895. The van der Waals surface area contributed by atoms with Crippen molar-refractivity contribution in [1.82, 2.24) is 10.2 Å². The number of thiophene rings is 1. The van der Waals surface area contributed by atoms with Crippen LogP contribution in [0.25, 0.3) is 0 Å². The number of nitrogens with zero attached hydrogens (tertiary/aromatic N) is 1. The SMILES string of the molecule is CCC[C@@H]1CN(CC(N)=O)C[C@H]1NC(=O)c1csc(C)c1CC. The predicted molar refractivity (Wildman–Crippen MR) is 93.7 cm³/mol. The van der Waals surface area contributed by atoms with E-state index in [4.69, 9.17) is 5.73 Å². The van der Waals surface area contributed by atoms with Crippen molar-refractivity contribution in [2.75, 3.05) is 19.6 Å². The van der Waals surface area contributed by atoms with E-state index in [0.29, 0.717) is 12.5 Å². The van der Waals surface area contributed by atoms with Crippen LogP contribution >= 0.6 is 11.3 Å². The second-order valence-electron chi connectivity index (χ2n) is 6.33. The van der Waals surface area contributed by atoms with Crippen molar-refractivity contribution in [1.29, 1.82) is 0 Å². The third kappa shape index (κ3) is 4.32. The van der Waals surface area contributed by atoms with Gasteiger partial charge in [-0.15, -0.1) is 11.3 Å². The number of likely N-dealkylation sites (tertiary alicyclic amines) is 1. The molecule has 1 aromatic heterocycles. The van der Waals surface area contributed by atoms with Gasteiger partial charge in [0.25, 0.3) is 5.91 Å². The van der Waals surface area contributed by atoms with Gasteiger partial charge >= 0.3 is 0 Å². The van der Waals surface area contributed by atoms with Gasteiger partial charge in [-0.25, -0.2) is 0 Å². The molecular weight excluding hydrogens is 310 g/mol. The molecule has 0 aliphatic carbocycles.